The molecule has 0 fully saturated rings. The van der Waals surface area contributed by atoms with Crippen LogP contribution in [0.2, 0.25) is 0 Å². The van der Waals surface area contributed by atoms with Gasteiger partial charge in [0.1, 0.15) is 0 Å². The van der Waals surface area contributed by atoms with E-state index in [1.807, 2.05) is 0 Å². The fraction of sp³-hybridized carbons (Fsp3) is 0.714. The summed E-state index contributed by atoms with van der Waals surface area (Å²) in [6, 6.07) is 0. The van der Waals surface area contributed by atoms with Crippen molar-refractivity contribution in [2.24, 2.45) is 0 Å². The molecule has 0 unspecified atom stereocenters. The number of halogens is 3. The van der Waals surface area contributed by atoms with Crippen molar-refractivity contribution < 1.29 is 0 Å². The Morgan fingerprint density at radius 1 is 1.18 bits per heavy atom. The van der Waals surface area contributed by atoms with E-state index in [0.717, 1.165) is 13.1 Å². The van der Waals surface area contributed by atoms with E-state index in [-0.39, 0.29) is 0 Å². The molecular formula is C7H12Cl3N. The van der Waals surface area contributed by atoms with Gasteiger partial charge in [-0.05, 0) is 0 Å². The van der Waals surface area contributed by atoms with E-state index < -0.39 is 0 Å². The molecule has 0 atom stereocenters. The molecule has 0 aromatic heterocycles. The second-order valence-corrected chi connectivity index (χ2v) is 3.46. The minimum absolute atomic E-state index is 0.598. The molecule has 0 aromatic carbocycles. The van der Waals surface area contributed by atoms with Crippen LogP contribution in [-0.2, 0) is 0 Å². The summed E-state index contributed by atoms with van der Waals surface area (Å²) in [5.41, 5.74) is 0. The van der Waals surface area contributed by atoms with Crippen LogP contribution in [0.25, 0.3) is 0 Å². The average Bonchev–Trinajstić information content (AvgIpc) is 1.87. The molecule has 0 bridgehead atoms. The van der Waals surface area contributed by atoms with Crippen LogP contribution in [0.5, 0.6) is 0 Å². The summed E-state index contributed by atoms with van der Waals surface area (Å²) >= 11 is 16.7. The Balaban J connectivity index is 3.59. The third kappa shape index (κ3) is 6.95. The molecule has 0 N–H and O–H groups in total. The predicted molar refractivity (Wildman–Crippen MR) is 52.9 cm³/mol. The van der Waals surface area contributed by atoms with Crippen LogP contribution in [0.1, 0.15) is 0 Å². The van der Waals surface area contributed by atoms with Crippen molar-refractivity contribution in [1.82, 2.24) is 4.90 Å². The highest BCUT2D eigenvalue weighted by molar-refractivity contribution is 6.29. The molecule has 0 aliphatic heterocycles. The van der Waals surface area contributed by atoms with E-state index >= 15 is 0 Å². The Labute approximate surface area is 82.9 Å². The van der Waals surface area contributed by atoms with Gasteiger partial charge in [0, 0.05) is 36.4 Å². The van der Waals surface area contributed by atoms with Crippen molar-refractivity contribution in [2.45, 2.75) is 0 Å². The molecule has 11 heavy (non-hydrogen) atoms. The maximum absolute atomic E-state index is 5.62. The van der Waals surface area contributed by atoms with Gasteiger partial charge in [-0.2, -0.15) is 0 Å². The van der Waals surface area contributed by atoms with Gasteiger partial charge in [-0.3, -0.25) is 4.90 Å². The van der Waals surface area contributed by atoms with Crippen LogP contribution in [0, 0.1) is 0 Å². The molecule has 0 saturated heterocycles. The SMILES string of the molecule is C=C(Cl)CN(CCCl)CCCl. The number of hydrogen-bond acceptors (Lipinski definition) is 1. The van der Waals surface area contributed by atoms with E-state index in [0.29, 0.717) is 23.3 Å². The Morgan fingerprint density at radius 3 is 1.91 bits per heavy atom. The summed E-state index contributed by atoms with van der Waals surface area (Å²) in [5.74, 6) is 1.20. The highest BCUT2D eigenvalue weighted by Gasteiger charge is 2.02. The Morgan fingerprint density at radius 2 is 1.64 bits per heavy atom. The van der Waals surface area contributed by atoms with Gasteiger partial charge in [0.15, 0.2) is 0 Å². The lowest BCUT2D eigenvalue weighted by atomic mass is 10.4. The first kappa shape index (κ1) is 11.6. The molecule has 0 amide bonds. The minimum atomic E-state index is 0.598. The summed E-state index contributed by atoms with van der Waals surface area (Å²) in [5, 5.41) is 0.625. The molecule has 0 aromatic rings. The van der Waals surface area contributed by atoms with Gasteiger partial charge in [-0.25, -0.2) is 0 Å². The number of hydrogen-bond donors (Lipinski definition) is 0. The van der Waals surface area contributed by atoms with Crippen LogP contribution in [0.4, 0.5) is 0 Å². The van der Waals surface area contributed by atoms with E-state index in [9.17, 15) is 0 Å². The zero-order valence-corrected chi connectivity index (χ0v) is 8.59. The first-order valence-corrected chi connectivity index (χ1v) is 4.83. The van der Waals surface area contributed by atoms with E-state index in [2.05, 4.69) is 11.5 Å². The molecule has 0 spiro atoms. The lowest BCUT2D eigenvalue weighted by molar-refractivity contribution is 0.339. The van der Waals surface area contributed by atoms with Crippen molar-refractivity contribution in [2.75, 3.05) is 31.4 Å². The largest absolute Gasteiger partial charge is 0.296 e. The smallest absolute Gasteiger partial charge is 0.0351 e. The Bertz CT molecular complexity index is 110. The highest BCUT2D eigenvalue weighted by Crippen LogP contribution is 2.01. The van der Waals surface area contributed by atoms with E-state index in [4.69, 9.17) is 34.8 Å². The van der Waals surface area contributed by atoms with Crippen LogP contribution < -0.4 is 0 Å². The van der Waals surface area contributed by atoms with Gasteiger partial charge in [-0.1, -0.05) is 18.2 Å². The molecule has 66 valence electrons. The van der Waals surface area contributed by atoms with Crippen molar-refractivity contribution in [3.05, 3.63) is 11.6 Å². The van der Waals surface area contributed by atoms with Crippen LogP contribution >= 0.6 is 34.8 Å². The number of nitrogens with zero attached hydrogens (tertiary/aromatic N) is 1. The van der Waals surface area contributed by atoms with E-state index in [1.54, 1.807) is 0 Å². The fourth-order valence-electron chi connectivity index (χ4n) is 0.752. The lowest BCUT2D eigenvalue weighted by Gasteiger charge is -2.18. The van der Waals surface area contributed by atoms with Gasteiger partial charge < -0.3 is 0 Å². The van der Waals surface area contributed by atoms with Gasteiger partial charge in [0.05, 0.1) is 0 Å². The summed E-state index contributed by atoms with van der Waals surface area (Å²) < 4.78 is 0. The molecule has 0 aliphatic carbocycles. The Kier molecular flexibility index (Phi) is 7.61. The first-order chi connectivity index (χ1) is 5.20. The van der Waals surface area contributed by atoms with Crippen LogP contribution in [0.15, 0.2) is 11.6 Å². The molecule has 4 heteroatoms. The van der Waals surface area contributed by atoms with Gasteiger partial charge in [0.25, 0.3) is 0 Å². The molecule has 0 saturated carbocycles. The summed E-state index contributed by atoms with van der Waals surface area (Å²) in [7, 11) is 0. The second kappa shape index (κ2) is 7.23. The highest BCUT2D eigenvalue weighted by atomic mass is 35.5. The van der Waals surface area contributed by atoms with Crippen molar-refractivity contribution in [1.29, 1.82) is 0 Å². The molecule has 0 rings (SSSR count). The van der Waals surface area contributed by atoms with Crippen molar-refractivity contribution in [3.63, 3.8) is 0 Å². The zero-order valence-electron chi connectivity index (χ0n) is 6.32. The predicted octanol–water partition coefficient (Wildman–Crippen LogP) is 2.52. The quantitative estimate of drug-likeness (QED) is 0.617. The third-order valence-corrected chi connectivity index (χ3v) is 1.65. The monoisotopic (exact) mass is 215 g/mol. The minimum Gasteiger partial charge on any atom is -0.296 e. The Hall–Kier alpha value is 0.570. The molecule has 1 nitrogen and oxygen atoms in total. The van der Waals surface area contributed by atoms with Gasteiger partial charge in [-0.15, -0.1) is 23.2 Å². The maximum Gasteiger partial charge on any atom is 0.0351 e. The maximum atomic E-state index is 5.62. The normalized spacial score (nSPS) is 10.5. The van der Waals surface area contributed by atoms with Gasteiger partial charge in [0.2, 0.25) is 0 Å². The summed E-state index contributed by atoms with van der Waals surface area (Å²) in [6.07, 6.45) is 0. The average molecular weight is 217 g/mol. The molecular weight excluding hydrogens is 204 g/mol. The van der Waals surface area contributed by atoms with E-state index in [1.165, 1.54) is 0 Å². The van der Waals surface area contributed by atoms with Crippen molar-refractivity contribution >= 4 is 34.8 Å². The fourth-order valence-corrected chi connectivity index (χ4v) is 1.40. The van der Waals surface area contributed by atoms with Crippen LogP contribution in [0.3, 0.4) is 0 Å². The summed E-state index contributed by atoms with van der Waals surface area (Å²) in [4.78, 5) is 2.06. The standard InChI is InChI=1S/C7H12Cl3N/c1-7(10)6-11(4-2-8)5-3-9/h1-6H2. The summed E-state index contributed by atoms with van der Waals surface area (Å²) in [6.45, 7) is 5.88. The lowest BCUT2D eigenvalue weighted by Crippen LogP contribution is -2.28. The molecule has 0 aliphatic rings. The second-order valence-electron chi connectivity index (χ2n) is 2.17. The number of rotatable bonds is 6. The first-order valence-electron chi connectivity index (χ1n) is 3.38. The van der Waals surface area contributed by atoms with Crippen molar-refractivity contribution in [3.8, 4) is 0 Å². The number of alkyl halides is 2. The zero-order chi connectivity index (χ0) is 8.69. The molecule has 0 radical (unpaired) electrons. The molecule has 0 heterocycles. The topological polar surface area (TPSA) is 3.24 Å². The van der Waals surface area contributed by atoms with Gasteiger partial charge >= 0.3 is 0 Å². The third-order valence-electron chi connectivity index (χ3n) is 1.20. The van der Waals surface area contributed by atoms with Crippen LogP contribution in [-0.4, -0.2) is 36.3 Å².